The zero-order valence-corrected chi connectivity index (χ0v) is 16.7. The minimum Gasteiger partial charge on any atom is -0.492 e. The fraction of sp³-hybridized carbons (Fsp3) is 0.545. The number of hydrogen-bond acceptors (Lipinski definition) is 4. The van der Waals surface area contributed by atoms with Gasteiger partial charge in [-0.1, -0.05) is 12.1 Å². The van der Waals surface area contributed by atoms with Crippen molar-refractivity contribution in [2.75, 3.05) is 32.8 Å². The molecule has 1 aromatic carbocycles. The SMILES string of the molecule is CCN1CC2(CCN(Cc3ccc(OCCn4ccnc4)cc3)CC2)CC1=O. The molecule has 150 valence electrons. The fourth-order valence-electron chi connectivity index (χ4n) is 4.43. The van der Waals surface area contributed by atoms with E-state index < -0.39 is 0 Å². The van der Waals surface area contributed by atoms with E-state index in [9.17, 15) is 4.79 Å². The van der Waals surface area contributed by atoms with Crippen molar-refractivity contribution in [3.05, 3.63) is 48.5 Å². The summed E-state index contributed by atoms with van der Waals surface area (Å²) in [5.74, 6) is 1.25. The highest BCUT2D eigenvalue weighted by Crippen LogP contribution is 2.41. The smallest absolute Gasteiger partial charge is 0.223 e. The summed E-state index contributed by atoms with van der Waals surface area (Å²) in [4.78, 5) is 20.7. The van der Waals surface area contributed by atoms with Crippen LogP contribution in [0.1, 0.15) is 31.7 Å². The van der Waals surface area contributed by atoms with E-state index in [1.807, 2.05) is 15.7 Å². The van der Waals surface area contributed by atoms with Gasteiger partial charge in [-0.3, -0.25) is 9.69 Å². The van der Waals surface area contributed by atoms with Crippen molar-refractivity contribution in [1.82, 2.24) is 19.4 Å². The molecule has 0 aliphatic carbocycles. The molecule has 4 rings (SSSR count). The lowest BCUT2D eigenvalue weighted by molar-refractivity contribution is -0.127. The Morgan fingerprint density at radius 3 is 2.61 bits per heavy atom. The van der Waals surface area contributed by atoms with E-state index in [-0.39, 0.29) is 5.41 Å². The number of hydrogen-bond donors (Lipinski definition) is 0. The summed E-state index contributed by atoms with van der Waals surface area (Å²) in [7, 11) is 0. The Morgan fingerprint density at radius 2 is 1.96 bits per heavy atom. The van der Waals surface area contributed by atoms with Crippen LogP contribution in [0.4, 0.5) is 0 Å². The molecule has 1 amide bonds. The third-order valence-electron chi connectivity index (χ3n) is 6.21. The second-order valence-electron chi connectivity index (χ2n) is 8.15. The zero-order valence-electron chi connectivity index (χ0n) is 16.7. The highest BCUT2D eigenvalue weighted by atomic mass is 16.5. The Hall–Kier alpha value is -2.34. The Labute approximate surface area is 167 Å². The molecule has 2 saturated heterocycles. The molecule has 2 aliphatic rings. The first-order valence-electron chi connectivity index (χ1n) is 10.3. The van der Waals surface area contributed by atoms with Gasteiger partial charge in [-0.2, -0.15) is 0 Å². The van der Waals surface area contributed by atoms with Gasteiger partial charge in [0.2, 0.25) is 5.91 Å². The summed E-state index contributed by atoms with van der Waals surface area (Å²) < 4.78 is 7.83. The molecule has 6 heteroatoms. The summed E-state index contributed by atoms with van der Waals surface area (Å²) in [5, 5.41) is 0. The van der Waals surface area contributed by atoms with Crippen LogP contribution in [0.2, 0.25) is 0 Å². The van der Waals surface area contributed by atoms with Crippen molar-refractivity contribution >= 4 is 5.91 Å². The molecule has 0 saturated carbocycles. The zero-order chi connectivity index (χ0) is 19.4. The minimum atomic E-state index is 0.233. The molecule has 0 radical (unpaired) electrons. The monoisotopic (exact) mass is 382 g/mol. The van der Waals surface area contributed by atoms with Gasteiger partial charge in [0, 0.05) is 38.4 Å². The van der Waals surface area contributed by atoms with E-state index in [0.29, 0.717) is 12.5 Å². The molecule has 2 aliphatic heterocycles. The lowest BCUT2D eigenvalue weighted by Crippen LogP contribution is -2.41. The van der Waals surface area contributed by atoms with Gasteiger partial charge in [0.25, 0.3) is 0 Å². The van der Waals surface area contributed by atoms with Crippen LogP contribution in [-0.4, -0.2) is 58.0 Å². The standard InChI is InChI=1S/C22H30N4O2/c1-2-26-17-22(15-21(26)27)7-10-24(11-8-22)16-19-3-5-20(6-4-19)28-14-13-25-12-9-23-18-25/h3-6,9,12,18H,2,7-8,10-11,13-17H2,1H3. The quantitative estimate of drug-likeness (QED) is 0.739. The van der Waals surface area contributed by atoms with E-state index in [1.54, 1.807) is 12.5 Å². The lowest BCUT2D eigenvalue weighted by atomic mass is 9.77. The highest BCUT2D eigenvalue weighted by molar-refractivity contribution is 5.79. The van der Waals surface area contributed by atoms with Gasteiger partial charge in [-0.15, -0.1) is 0 Å². The number of ether oxygens (including phenoxy) is 1. The predicted molar refractivity (Wildman–Crippen MR) is 108 cm³/mol. The third kappa shape index (κ3) is 4.38. The number of rotatable bonds is 7. The van der Waals surface area contributed by atoms with Crippen molar-refractivity contribution in [3.8, 4) is 5.75 Å². The number of nitrogens with zero attached hydrogens (tertiary/aromatic N) is 4. The summed E-state index contributed by atoms with van der Waals surface area (Å²) in [6.45, 7) is 8.45. The highest BCUT2D eigenvalue weighted by Gasteiger charge is 2.44. The molecular formula is C22H30N4O2. The molecule has 2 aromatic rings. The topological polar surface area (TPSA) is 50.6 Å². The second kappa shape index (κ2) is 8.35. The Balaban J connectivity index is 1.22. The molecule has 28 heavy (non-hydrogen) atoms. The molecule has 3 heterocycles. The minimum absolute atomic E-state index is 0.233. The van der Waals surface area contributed by atoms with Crippen molar-refractivity contribution in [2.24, 2.45) is 5.41 Å². The molecule has 2 fully saturated rings. The van der Waals surface area contributed by atoms with Crippen molar-refractivity contribution in [1.29, 1.82) is 0 Å². The Morgan fingerprint density at radius 1 is 1.18 bits per heavy atom. The number of aromatic nitrogens is 2. The lowest BCUT2D eigenvalue weighted by Gasteiger charge is -2.38. The van der Waals surface area contributed by atoms with E-state index in [0.717, 1.165) is 64.3 Å². The van der Waals surface area contributed by atoms with Crippen molar-refractivity contribution in [3.63, 3.8) is 0 Å². The van der Waals surface area contributed by atoms with E-state index in [1.165, 1.54) is 5.56 Å². The van der Waals surface area contributed by atoms with Gasteiger partial charge in [-0.05, 0) is 56.0 Å². The number of carbonyl (C=O) groups excluding carboxylic acids is 1. The van der Waals surface area contributed by atoms with Gasteiger partial charge in [0.1, 0.15) is 12.4 Å². The predicted octanol–water partition coefficient (Wildman–Crippen LogP) is 2.80. The van der Waals surface area contributed by atoms with Gasteiger partial charge >= 0.3 is 0 Å². The maximum Gasteiger partial charge on any atom is 0.223 e. The van der Waals surface area contributed by atoms with Gasteiger partial charge in [0.05, 0.1) is 12.9 Å². The molecule has 1 aromatic heterocycles. The number of benzene rings is 1. The molecule has 0 N–H and O–H groups in total. The Bertz CT molecular complexity index is 764. The molecular weight excluding hydrogens is 352 g/mol. The summed E-state index contributed by atoms with van der Waals surface area (Å²) in [6.07, 6.45) is 8.53. The average molecular weight is 383 g/mol. The van der Waals surface area contributed by atoms with Crippen LogP contribution >= 0.6 is 0 Å². The third-order valence-corrected chi connectivity index (χ3v) is 6.21. The second-order valence-corrected chi connectivity index (χ2v) is 8.15. The molecule has 0 atom stereocenters. The molecule has 0 bridgehead atoms. The molecule has 6 nitrogen and oxygen atoms in total. The largest absolute Gasteiger partial charge is 0.492 e. The van der Waals surface area contributed by atoms with Gasteiger partial charge in [-0.25, -0.2) is 4.98 Å². The van der Waals surface area contributed by atoms with Crippen molar-refractivity contribution < 1.29 is 9.53 Å². The summed E-state index contributed by atoms with van der Waals surface area (Å²) in [6, 6.07) is 8.44. The van der Waals surface area contributed by atoms with Gasteiger partial charge < -0.3 is 14.2 Å². The van der Waals surface area contributed by atoms with Crippen LogP contribution in [0.5, 0.6) is 5.75 Å². The van der Waals surface area contributed by atoms with Crippen LogP contribution in [-0.2, 0) is 17.9 Å². The molecule has 1 spiro atoms. The first-order valence-corrected chi connectivity index (χ1v) is 10.3. The molecule has 0 unspecified atom stereocenters. The van der Waals surface area contributed by atoms with E-state index >= 15 is 0 Å². The summed E-state index contributed by atoms with van der Waals surface area (Å²) >= 11 is 0. The maximum absolute atomic E-state index is 12.1. The van der Waals surface area contributed by atoms with Crippen LogP contribution in [0.25, 0.3) is 0 Å². The average Bonchev–Trinajstić information content (AvgIpc) is 3.33. The number of amides is 1. The summed E-state index contributed by atoms with van der Waals surface area (Å²) in [5.41, 5.74) is 1.55. The van der Waals surface area contributed by atoms with Crippen LogP contribution in [0.3, 0.4) is 0 Å². The maximum atomic E-state index is 12.1. The van der Waals surface area contributed by atoms with Gasteiger partial charge in [0.15, 0.2) is 0 Å². The first-order chi connectivity index (χ1) is 13.7. The number of carbonyl (C=O) groups is 1. The Kier molecular flexibility index (Phi) is 5.67. The van der Waals surface area contributed by atoms with Crippen LogP contribution < -0.4 is 4.74 Å². The number of likely N-dealkylation sites (tertiary alicyclic amines) is 2. The normalized spacial score (nSPS) is 19.5. The fourth-order valence-corrected chi connectivity index (χ4v) is 4.43. The van der Waals surface area contributed by atoms with Crippen LogP contribution in [0, 0.1) is 5.41 Å². The van der Waals surface area contributed by atoms with E-state index in [4.69, 9.17) is 4.74 Å². The first kappa shape index (κ1) is 19.0. The van der Waals surface area contributed by atoms with E-state index in [2.05, 4.69) is 41.1 Å². The van der Waals surface area contributed by atoms with Crippen molar-refractivity contribution in [2.45, 2.75) is 39.3 Å². The number of imidazole rings is 1. The number of piperidine rings is 1. The van der Waals surface area contributed by atoms with Crippen LogP contribution in [0.15, 0.2) is 43.0 Å².